The molecule has 156 valence electrons. The molecule has 8 nitrogen and oxygen atoms in total. The van der Waals surface area contributed by atoms with Crippen molar-refractivity contribution in [3.8, 4) is 17.2 Å². The van der Waals surface area contributed by atoms with Gasteiger partial charge in [-0.05, 0) is 49.8 Å². The highest BCUT2D eigenvalue weighted by molar-refractivity contribution is 7.92. The molecule has 2 N–H and O–H groups in total. The number of anilines is 1. The van der Waals surface area contributed by atoms with Gasteiger partial charge in [-0.2, -0.15) is 0 Å². The fraction of sp³-hybridized carbons (Fsp3) is 0.250. The standard InChI is InChI=1S/C20H23NO7S/c1-4-27-16-10-8-15(13-18(16)28-5-2)21-29(24,25)19-12-14(7-11-20(22)23)6-9-17(19)26-3/h6-13,21H,4-5H2,1-3H3,(H,22,23). The Bertz CT molecular complexity index is 1000. The van der Waals surface area contributed by atoms with Gasteiger partial charge in [0.15, 0.2) is 11.5 Å². The zero-order valence-corrected chi connectivity index (χ0v) is 17.2. The topological polar surface area (TPSA) is 111 Å². The maximum atomic E-state index is 12.9. The third kappa shape index (κ3) is 5.89. The first kappa shape index (κ1) is 22.1. The van der Waals surface area contributed by atoms with E-state index < -0.39 is 16.0 Å². The summed E-state index contributed by atoms with van der Waals surface area (Å²) in [5, 5.41) is 8.77. The molecule has 0 saturated carbocycles. The molecule has 0 saturated heterocycles. The largest absolute Gasteiger partial charge is 0.495 e. The summed E-state index contributed by atoms with van der Waals surface area (Å²) in [6.45, 7) is 4.49. The van der Waals surface area contributed by atoms with Crippen molar-refractivity contribution < 1.29 is 32.5 Å². The summed E-state index contributed by atoms with van der Waals surface area (Å²) in [6.07, 6.45) is 2.22. The number of methoxy groups -OCH3 is 1. The Morgan fingerprint density at radius 1 is 1.03 bits per heavy atom. The molecule has 0 fully saturated rings. The summed E-state index contributed by atoms with van der Waals surface area (Å²) < 4.78 is 44.5. The minimum Gasteiger partial charge on any atom is -0.495 e. The predicted octanol–water partition coefficient (Wildman–Crippen LogP) is 3.39. The Labute approximate surface area is 169 Å². The maximum absolute atomic E-state index is 12.9. The van der Waals surface area contributed by atoms with E-state index in [1.165, 1.54) is 31.4 Å². The van der Waals surface area contributed by atoms with Crippen LogP contribution >= 0.6 is 0 Å². The number of hydrogen-bond acceptors (Lipinski definition) is 6. The molecule has 0 heterocycles. The first-order valence-corrected chi connectivity index (χ1v) is 10.3. The summed E-state index contributed by atoms with van der Waals surface area (Å²) in [7, 11) is -2.67. The van der Waals surface area contributed by atoms with Crippen molar-refractivity contribution in [2.75, 3.05) is 25.0 Å². The number of carboxylic acid groups (broad SMARTS) is 1. The predicted molar refractivity (Wildman–Crippen MR) is 109 cm³/mol. The van der Waals surface area contributed by atoms with Gasteiger partial charge in [0.1, 0.15) is 10.6 Å². The van der Waals surface area contributed by atoms with Crippen LogP contribution < -0.4 is 18.9 Å². The molecule has 0 aromatic heterocycles. The van der Waals surface area contributed by atoms with E-state index in [1.807, 2.05) is 13.8 Å². The van der Waals surface area contributed by atoms with Gasteiger partial charge in [0, 0.05) is 12.1 Å². The van der Waals surface area contributed by atoms with Crippen LogP contribution in [-0.2, 0) is 14.8 Å². The number of nitrogens with one attached hydrogen (secondary N) is 1. The Hall–Kier alpha value is -3.20. The van der Waals surface area contributed by atoms with Crippen LogP contribution in [0.3, 0.4) is 0 Å². The lowest BCUT2D eigenvalue weighted by Gasteiger charge is -2.15. The normalized spacial score (nSPS) is 11.3. The van der Waals surface area contributed by atoms with E-state index in [0.29, 0.717) is 30.3 Å². The highest BCUT2D eigenvalue weighted by Crippen LogP contribution is 2.33. The van der Waals surface area contributed by atoms with Crippen molar-refractivity contribution in [1.29, 1.82) is 0 Å². The fourth-order valence-corrected chi connectivity index (χ4v) is 3.75. The van der Waals surface area contributed by atoms with E-state index in [2.05, 4.69) is 4.72 Å². The first-order chi connectivity index (χ1) is 13.8. The van der Waals surface area contributed by atoms with E-state index in [1.54, 1.807) is 18.2 Å². The van der Waals surface area contributed by atoms with E-state index in [-0.39, 0.29) is 16.3 Å². The van der Waals surface area contributed by atoms with Crippen molar-refractivity contribution >= 4 is 27.8 Å². The van der Waals surface area contributed by atoms with Crippen molar-refractivity contribution in [2.24, 2.45) is 0 Å². The van der Waals surface area contributed by atoms with Crippen LogP contribution in [0.4, 0.5) is 5.69 Å². The summed E-state index contributed by atoms with van der Waals surface area (Å²) in [5.74, 6) is -0.0857. The Balaban J connectivity index is 2.41. The van der Waals surface area contributed by atoms with Crippen LogP contribution in [0.15, 0.2) is 47.4 Å². The SMILES string of the molecule is CCOc1ccc(NS(=O)(=O)c2cc(C=CC(=O)O)ccc2OC)cc1OCC. The summed E-state index contributed by atoms with van der Waals surface area (Å²) in [5.41, 5.74) is 0.681. The second kappa shape index (κ2) is 9.83. The second-order valence-electron chi connectivity index (χ2n) is 5.71. The van der Waals surface area contributed by atoms with E-state index in [9.17, 15) is 13.2 Å². The van der Waals surface area contributed by atoms with Crippen molar-refractivity contribution in [3.63, 3.8) is 0 Å². The number of aliphatic carboxylic acids is 1. The van der Waals surface area contributed by atoms with Gasteiger partial charge in [0.25, 0.3) is 10.0 Å². The molecule has 29 heavy (non-hydrogen) atoms. The third-order valence-corrected chi connectivity index (χ3v) is 5.09. The number of sulfonamides is 1. The third-order valence-electron chi connectivity index (χ3n) is 3.69. The van der Waals surface area contributed by atoms with Gasteiger partial charge in [0.05, 0.1) is 26.0 Å². The Morgan fingerprint density at radius 3 is 2.31 bits per heavy atom. The van der Waals surface area contributed by atoms with Crippen molar-refractivity contribution in [1.82, 2.24) is 0 Å². The first-order valence-electron chi connectivity index (χ1n) is 8.82. The molecule has 0 aliphatic rings. The van der Waals surface area contributed by atoms with Crippen LogP contribution in [0.2, 0.25) is 0 Å². The van der Waals surface area contributed by atoms with Gasteiger partial charge in [0.2, 0.25) is 0 Å². The minimum absolute atomic E-state index is 0.126. The van der Waals surface area contributed by atoms with Crippen LogP contribution in [0.5, 0.6) is 17.2 Å². The van der Waals surface area contributed by atoms with Crippen molar-refractivity contribution in [3.05, 3.63) is 48.0 Å². The number of rotatable bonds is 10. The molecular formula is C20H23NO7S. The highest BCUT2D eigenvalue weighted by atomic mass is 32.2. The smallest absolute Gasteiger partial charge is 0.328 e. The molecule has 0 atom stereocenters. The van der Waals surface area contributed by atoms with Crippen LogP contribution in [0.25, 0.3) is 6.08 Å². The van der Waals surface area contributed by atoms with E-state index in [4.69, 9.17) is 19.3 Å². The molecule has 0 radical (unpaired) electrons. The van der Waals surface area contributed by atoms with Gasteiger partial charge in [-0.25, -0.2) is 13.2 Å². The molecule has 2 rings (SSSR count). The minimum atomic E-state index is -4.03. The highest BCUT2D eigenvalue weighted by Gasteiger charge is 2.21. The monoisotopic (exact) mass is 421 g/mol. The lowest BCUT2D eigenvalue weighted by Crippen LogP contribution is -2.14. The second-order valence-corrected chi connectivity index (χ2v) is 7.37. The summed E-state index contributed by atoms with van der Waals surface area (Å²) in [4.78, 5) is 10.6. The van der Waals surface area contributed by atoms with E-state index in [0.717, 1.165) is 6.08 Å². The van der Waals surface area contributed by atoms with Gasteiger partial charge in [-0.1, -0.05) is 6.07 Å². The summed E-state index contributed by atoms with van der Waals surface area (Å²) >= 11 is 0. The molecule has 2 aromatic carbocycles. The van der Waals surface area contributed by atoms with Crippen LogP contribution in [0, 0.1) is 0 Å². The van der Waals surface area contributed by atoms with Crippen LogP contribution in [0.1, 0.15) is 19.4 Å². The maximum Gasteiger partial charge on any atom is 0.328 e. The molecule has 0 aliphatic carbocycles. The fourth-order valence-electron chi connectivity index (χ4n) is 2.50. The lowest BCUT2D eigenvalue weighted by molar-refractivity contribution is -0.131. The van der Waals surface area contributed by atoms with Gasteiger partial charge >= 0.3 is 5.97 Å². The van der Waals surface area contributed by atoms with Gasteiger partial charge in [-0.15, -0.1) is 0 Å². The number of ether oxygens (including phenoxy) is 3. The van der Waals surface area contributed by atoms with Crippen molar-refractivity contribution in [2.45, 2.75) is 18.7 Å². The number of benzene rings is 2. The molecule has 0 aliphatic heterocycles. The zero-order valence-electron chi connectivity index (χ0n) is 16.3. The number of hydrogen-bond donors (Lipinski definition) is 2. The molecular weight excluding hydrogens is 398 g/mol. The average molecular weight is 421 g/mol. The number of carbonyl (C=O) groups is 1. The molecule has 0 spiro atoms. The Kier molecular flexibility index (Phi) is 7.49. The Morgan fingerprint density at radius 2 is 1.69 bits per heavy atom. The molecule has 0 amide bonds. The van der Waals surface area contributed by atoms with Gasteiger partial charge in [-0.3, -0.25) is 4.72 Å². The lowest BCUT2D eigenvalue weighted by atomic mass is 10.2. The van der Waals surface area contributed by atoms with E-state index >= 15 is 0 Å². The van der Waals surface area contributed by atoms with Gasteiger partial charge < -0.3 is 19.3 Å². The van der Waals surface area contributed by atoms with Crippen LogP contribution in [-0.4, -0.2) is 39.8 Å². The molecule has 0 unspecified atom stereocenters. The molecule has 2 aromatic rings. The quantitative estimate of drug-likeness (QED) is 0.566. The molecule has 0 bridgehead atoms. The average Bonchev–Trinajstić information content (AvgIpc) is 2.68. The number of carboxylic acids is 1. The zero-order chi connectivity index (χ0) is 21.4. The summed E-state index contributed by atoms with van der Waals surface area (Å²) in [6, 6.07) is 9.06. The molecule has 9 heteroatoms.